The van der Waals surface area contributed by atoms with Gasteiger partial charge in [0.2, 0.25) is 0 Å². The summed E-state index contributed by atoms with van der Waals surface area (Å²) in [4.78, 5) is 29.2. The van der Waals surface area contributed by atoms with E-state index in [2.05, 4.69) is 20.9 Å². The van der Waals surface area contributed by atoms with Gasteiger partial charge in [0, 0.05) is 7.05 Å². The zero-order valence-electron chi connectivity index (χ0n) is 10.1. The molecule has 0 spiro atoms. The molecule has 0 unspecified atom stereocenters. The van der Waals surface area contributed by atoms with Crippen LogP contribution in [0, 0.1) is 0 Å². The highest BCUT2D eigenvalue weighted by atomic mass is 16.2. The van der Waals surface area contributed by atoms with Gasteiger partial charge in [-0.1, -0.05) is 0 Å². The summed E-state index contributed by atoms with van der Waals surface area (Å²) in [7, 11) is 1.57. The Morgan fingerprint density at radius 3 is 2.56 bits per heavy atom. The highest BCUT2D eigenvalue weighted by Crippen LogP contribution is 1.98. The molecule has 18 heavy (non-hydrogen) atoms. The van der Waals surface area contributed by atoms with Crippen molar-refractivity contribution in [3.05, 3.63) is 0 Å². The van der Waals surface area contributed by atoms with Gasteiger partial charge in [0.1, 0.15) is 6.67 Å². The van der Waals surface area contributed by atoms with Gasteiger partial charge in [0.05, 0.1) is 20.0 Å². The number of amides is 4. The molecule has 102 valence electrons. The molecule has 1 fully saturated rings. The fourth-order valence-corrected chi connectivity index (χ4v) is 1.38. The van der Waals surface area contributed by atoms with Gasteiger partial charge in [0.25, 0.3) is 0 Å². The van der Waals surface area contributed by atoms with Crippen LogP contribution < -0.4 is 27.4 Å². The van der Waals surface area contributed by atoms with Gasteiger partial charge < -0.3 is 27.0 Å². The molecular weight excluding hydrogens is 240 g/mol. The summed E-state index contributed by atoms with van der Waals surface area (Å²) in [6.07, 6.45) is 0. The predicted octanol–water partition coefficient (Wildman–Crippen LogP) is -2.65. The van der Waals surface area contributed by atoms with E-state index in [4.69, 9.17) is 11.5 Å². The van der Waals surface area contributed by atoms with Crippen LogP contribution >= 0.6 is 0 Å². The Kier molecular flexibility index (Phi) is 4.99. The lowest BCUT2D eigenvalue weighted by atomic mass is 10.5. The first-order valence-electron chi connectivity index (χ1n) is 5.28. The summed E-state index contributed by atoms with van der Waals surface area (Å²) in [5, 5.41) is 7.75. The zero-order valence-corrected chi connectivity index (χ0v) is 10.1. The van der Waals surface area contributed by atoms with E-state index in [0.717, 1.165) is 0 Å². The minimum absolute atomic E-state index is 0.0258. The molecule has 0 bridgehead atoms. The third-order valence-corrected chi connectivity index (χ3v) is 2.29. The van der Waals surface area contributed by atoms with Gasteiger partial charge in [-0.2, -0.15) is 0 Å². The minimum Gasteiger partial charge on any atom is -0.370 e. The van der Waals surface area contributed by atoms with Crippen LogP contribution in [0.5, 0.6) is 0 Å². The van der Waals surface area contributed by atoms with Crippen LogP contribution in [-0.4, -0.2) is 61.5 Å². The second kappa shape index (κ2) is 6.49. The minimum atomic E-state index is -0.698. The third kappa shape index (κ3) is 3.97. The topological polar surface area (TPSA) is 141 Å². The van der Waals surface area contributed by atoms with E-state index in [-0.39, 0.29) is 12.7 Å². The van der Waals surface area contributed by atoms with Crippen LogP contribution in [0.25, 0.3) is 0 Å². The highest BCUT2D eigenvalue weighted by molar-refractivity contribution is 5.79. The number of guanidine groups is 1. The largest absolute Gasteiger partial charge is 0.370 e. The number of nitrogens with zero attached hydrogens (tertiary/aromatic N) is 3. The molecule has 0 atom stereocenters. The van der Waals surface area contributed by atoms with Gasteiger partial charge in [-0.3, -0.25) is 15.2 Å². The Bertz CT molecular complexity index is 344. The van der Waals surface area contributed by atoms with E-state index in [9.17, 15) is 9.59 Å². The van der Waals surface area contributed by atoms with Crippen molar-refractivity contribution in [3.63, 3.8) is 0 Å². The average molecular weight is 258 g/mol. The summed E-state index contributed by atoms with van der Waals surface area (Å²) in [6.45, 7) is 1.20. The summed E-state index contributed by atoms with van der Waals surface area (Å²) < 4.78 is 0. The molecule has 0 aromatic carbocycles. The summed E-state index contributed by atoms with van der Waals surface area (Å²) in [6, 6.07) is -1.04. The van der Waals surface area contributed by atoms with Crippen molar-refractivity contribution >= 4 is 18.0 Å². The second-order valence-electron chi connectivity index (χ2n) is 3.57. The Labute approximate surface area is 104 Å². The van der Waals surface area contributed by atoms with Crippen molar-refractivity contribution in [3.8, 4) is 0 Å². The number of urea groups is 2. The molecule has 0 radical (unpaired) electrons. The monoisotopic (exact) mass is 258 g/mol. The Morgan fingerprint density at radius 2 is 1.94 bits per heavy atom. The first-order valence-corrected chi connectivity index (χ1v) is 5.28. The highest BCUT2D eigenvalue weighted by Gasteiger charge is 2.21. The Balaban J connectivity index is 2.41. The van der Waals surface area contributed by atoms with Crippen molar-refractivity contribution in [2.75, 3.05) is 33.7 Å². The normalized spacial score (nSPS) is 16.4. The van der Waals surface area contributed by atoms with Crippen LogP contribution in [0.4, 0.5) is 9.59 Å². The van der Waals surface area contributed by atoms with Crippen molar-refractivity contribution in [1.29, 1.82) is 0 Å². The maximum Gasteiger partial charge on any atom is 0.321 e. The van der Waals surface area contributed by atoms with Crippen molar-refractivity contribution in [2.45, 2.75) is 0 Å². The number of nitrogens with one attached hydrogen (secondary N) is 3. The molecule has 1 aliphatic rings. The lowest BCUT2D eigenvalue weighted by Gasteiger charge is -2.36. The van der Waals surface area contributed by atoms with Crippen LogP contribution in [0.2, 0.25) is 0 Å². The standard InChI is InChI=1S/C8H18N8O2/c1-11-6(9)15-3-12-4-16(5-15)8(18)14-2-13-7(10)17/h12H,2-5H2,1H3,(H2,9,11)(H,14,18)(H3,10,13,17). The van der Waals surface area contributed by atoms with Crippen LogP contribution in [0.1, 0.15) is 0 Å². The number of primary amides is 1. The molecule has 0 aromatic heterocycles. The number of hydrogen-bond donors (Lipinski definition) is 5. The first kappa shape index (κ1) is 13.8. The first-order chi connectivity index (χ1) is 8.54. The second-order valence-corrected chi connectivity index (χ2v) is 3.57. The van der Waals surface area contributed by atoms with Gasteiger partial charge in [-0.15, -0.1) is 0 Å². The fourth-order valence-electron chi connectivity index (χ4n) is 1.38. The zero-order chi connectivity index (χ0) is 13.5. The van der Waals surface area contributed by atoms with E-state index in [1.54, 1.807) is 11.9 Å². The number of rotatable bonds is 2. The molecule has 1 saturated heterocycles. The number of carbonyl (C=O) groups excluding carboxylic acids is 2. The number of hydrogen-bond acceptors (Lipinski definition) is 4. The van der Waals surface area contributed by atoms with Gasteiger partial charge in [-0.25, -0.2) is 9.59 Å². The molecule has 10 nitrogen and oxygen atoms in total. The van der Waals surface area contributed by atoms with Gasteiger partial charge >= 0.3 is 12.1 Å². The van der Waals surface area contributed by atoms with Crippen molar-refractivity contribution in [1.82, 2.24) is 25.8 Å². The lowest BCUT2D eigenvalue weighted by Crippen LogP contribution is -2.60. The lowest BCUT2D eigenvalue weighted by molar-refractivity contribution is 0.128. The van der Waals surface area contributed by atoms with Crippen LogP contribution in [0.3, 0.4) is 0 Å². The maximum absolute atomic E-state index is 11.7. The smallest absolute Gasteiger partial charge is 0.321 e. The average Bonchev–Trinajstić information content (AvgIpc) is 2.37. The molecule has 4 amide bonds. The molecule has 1 rings (SSSR count). The number of carbonyl (C=O) groups is 2. The molecule has 7 N–H and O–H groups in total. The molecule has 1 heterocycles. The van der Waals surface area contributed by atoms with Crippen LogP contribution in [0.15, 0.2) is 4.99 Å². The number of aliphatic imine (C=N–C) groups is 1. The molecular formula is C8H18N8O2. The molecule has 0 saturated carbocycles. The Morgan fingerprint density at radius 1 is 1.28 bits per heavy atom. The van der Waals surface area contributed by atoms with E-state index in [0.29, 0.717) is 26.0 Å². The molecule has 0 aliphatic carbocycles. The number of nitrogens with two attached hydrogens (primary N) is 2. The third-order valence-electron chi connectivity index (χ3n) is 2.29. The van der Waals surface area contributed by atoms with E-state index in [1.807, 2.05) is 0 Å². The summed E-state index contributed by atoms with van der Waals surface area (Å²) in [5.74, 6) is 0.343. The maximum atomic E-state index is 11.7. The molecule has 10 heteroatoms. The van der Waals surface area contributed by atoms with E-state index >= 15 is 0 Å². The summed E-state index contributed by atoms with van der Waals surface area (Å²) in [5.41, 5.74) is 10.5. The SMILES string of the molecule is CN=C(N)N1CNCN(C(=O)NCNC(N)=O)C1. The van der Waals surface area contributed by atoms with E-state index in [1.165, 1.54) is 4.90 Å². The fraction of sp³-hybridized carbons (Fsp3) is 0.625. The van der Waals surface area contributed by atoms with Gasteiger partial charge in [0.15, 0.2) is 5.96 Å². The molecule has 1 aliphatic heterocycles. The van der Waals surface area contributed by atoms with Crippen molar-refractivity contribution in [2.24, 2.45) is 16.5 Å². The Hall–Kier alpha value is -2.23. The van der Waals surface area contributed by atoms with Gasteiger partial charge in [-0.05, 0) is 0 Å². The quantitative estimate of drug-likeness (QED) is 0.209. The van der Waals surface area contributed by atoms with Crippen molar-refractivity contribution < 1.29 is 9.59 Å². The predicted molar refractivity (Wildman–Crippen MR) is 65.1 cm³/mol. The van der Waals surface area contributed by atoms with E-state index < -0.39 is 6.03 Å². The summed E-state index contributed by atoms with van der Waals surface area (Å²) >= 11 is 0. The van der Waals surface area contributed by atoms with Crippen LogP contribution in [-0.2, 0) is 0 Å². The molecule has 0 aromatic rings.